The maximum absolute atomic E-state index is 12.2. The first-order valence-electron chi connectivity index (χ1n) is 9.01. The molecule has 144 valence electrons. The van der Waals surface area contributed by atoms with Crippen molar-refractivity contribution in [1.82, 2.24) is 9.97 Å². The Morgan fingerprint density at radius 2 is 1.78 bits per heavy atom. The summed E-state index contributed by atoms with van der Waals surface area (Å²) in [5.41, 5.74) is 1.22. The van der Waals surface area contributed by atoms with E-state index in [4.69, 9.17) is 16.3 Å². The second-order valence-electron chi connectivity index (χ2n) is 7.91. The van der Waals surface area contributed by atoms with Crippen molar-refractivity contribution in [1.29, 1.82) is 0 Å². The molecule has 2 N–H and O–H groups in total. The van der Waals surface area contributed by atoms with Crippen LogP contribution in [0.3, 0.4) is 0 Å². The molecule has 1 aliphatic carbocycles. The van der Waals surface area contributed by atoms with Gasteiger partial charge in [-0.15, -0.1) is 0 Å². The standard InChI is InChI=1S/C20H25ClN4O2/c1-19(2,3)25-16-12-15(23-18(21)24-16)22-14-8-6-13(7-9-14)20(10-5-11-20)17(26)27-4/h6-9,12H,5,10-11H2,1-4H3,(H2,22,23,24,25). The molecule has 0 saturated heterocycles. The van der Waals surface area contributed by atoms with Crippen LogP contribution in [-0.4, -0.2) is 28.6 Å². The number of benzene rings is 1. The monoisotopic (exact) mass is 388 g/mol. The van der Waals surface area contributed by atoms with Gasteiger partial charge in [-0.1, -0.05) is 18.6 Å². The molecule has 7 heteroatoms. The summed E-state index contributed by atoms with van der Waals surface area (Å²) in [5.74, 6) is 1.09. The summed E-state index contributed by atoms with van der Waals surface area (Å²) in [6, 6.07) is 9.62. The molecule has 0 spiro atoms. The average molecular weight is 389 g/mol. The Hall–Kier alpha value is -2.34. The van der Waals surface area contributed by atoms with E-state index in [0.29, 0.717) is 11.6 Å². The van der Waals surface area contributed by atoms with E-state index in [9.17, 15) is 4.79 Å². The minimum Gasteiger partial charge on any atom is -0.468 e. The first-order valence-corrected chi connectivity index (χ1v) is 9.38. The molecule has 0 unspecified atom stereocenters. The Bertz CT molecular complexity index is 827. The number of methoxy groups -OCH3 is 1. The number of aromatic nitrogens is 2. The van der Waals surface area contributed by atoms with Gasteiger partial charge in [0.2, 0.25) is 5.28 Å². The van der Waals surface area contributed by atoms with Crippen LogP contribution in [-0.2, 0) is 14.9 Å². The van der Waals surface area contributed by atoms with E-state index in [1.54, 1.807) is 0 Å². The Kier molecular flexibility index (Phi) is 5.29. The lowest BCUT2D eigenvalue weighted by Gasteiger charge is -2.39. The van der Waals surface area contributed by atoms with Crippen LogP contribution < -0.4 is 10.6 Å². The van der Waals surface area contributed by atoms with E-state index >= 15 is 0 Å². The lowest BCUT2D eigenvalue weighted by atomic mass is 9.64. The molecule has 1 aromatic carbocycles. The molecule has 0 radical (unpaired) electrons. The van der Waals surface area contributed by atoms with Gasteiger partial charge in [0.15, 0.2) is 0 Å². The summed E-state index contributed by atoms with van der Waals surface area (Å²) < 4.78 is 5.01. The van der Waals surface area contributed by atoms with Crippen molar-refractivity contribution in [3.05, 3.63) is 41.2 Å². The second kappa shape index (κ2) is 7.35. The van der Waals surface area contributed by atoms with Gasteiger partial charge in [-0.25, -0.2) is 9.97 Å². The van der Waals surface area contributed by atoms with E-state index in [0.717, 1.165) is 30.5 Å². The molecule has 0 atom stereocenters. The SMILES string of the molecule is COC(=O)C1(c2ccc(Nc3cc(NC(C)(C)C)nc(Cl)n3)cc2)CCC1. The molecule has 3 rings (SSSR count). The minimum atomic E-state index is -0.491. The van der Waals surface area contributed by atoms with E-state index in [2.05, 4.69) is 20.6 Å². The first-order chi connectivity index (χ1) is 12.7. The molecule has 0 aliphatic heterocycles. The normalized spacial score (nSPS) is 15.6. The molecule has 0 bridgehead atoms. The highest BCUT2D eigenvalue weighted by molar-refractivity contribution is 6.28. The summed E-state index contributed by atoms with van der Waals surface area (Å²) >= 11 is 6.05. The van der Waals surface area contributed by atoms with Gasteiger partial charge in [-0.3, -0.25) is 4.79 Å². The molecule has 1 fully saturated rings. The molecule has 1 aromatic heterocycles. The predicted molar refractivity (Wildman–Crippen MR) is 108 cm³/mol. The summed E-state index contributed by atoms with van der Waals surface area (Å²) in [5, 5.41) is 6.69. The fourth-order valence-electron chi connectivity index (χ4n) is 3.29. The maximum Gasteiger partial charge on any atom is 0.316 e. The van der Waals surface area contributed by atoms with Crippen LogP contribution in [0.25, 0.3) is 0 Å². The molecular formula is C20H25ClN4O2. The number of rotatable bonds is 5. The van der Waals surface area contributed by atoms with Gasteiger partial charge in [0, 0.05) is 17.3 Å². The highest BCUT2D eigenvalue weighted by atomic mass is 35.5. The van der Waals surface area contributed by atoms with Gasteiger partial charge in [0.1, 0.15) is 11.6 Å². The minimum absolute atomic E-state index is 0.137. The van der Waals surface area contributed by atoms with Crippen molar-refractivity contribution in [3.63, 3.8) is 0 Å². The van der Waals surface area contributed by atoms with Gasteiger partial charge >= 0.3 is 5.97 Å². The molecule has 1 aliphatic rings. The molecule has 27 heavy (non-hydrogen) atoms. The van der Waals surface area contributed by atoms with E-state index in [1.807, 2.05) is 51.1 Å². The van der Waals surface area contributed by atoms with Gasteiger partial charge < -0.3 is 15.4 Å². The van der Waals surface area contributed by atoms with Crippen molar-refractivity contribution in [2.75, 3.05) is 17.7 Å². The fourth-order valence-corrected chi connectivity index (χ4v) is 3.47. The zero-order valence-electron chi connectivity index (χ0n) is 16.1. The lowest BCUT2D eigenvalue weighted by molar-refractivity contribution is -0.151. The highest BCUT2D eigenvalue weighted by Crippen LogP contribution is 2.45. The van der Waals surface area contributed by atoms with Crippen molar-refractivity contribution in [2.45, 2.75) is 51.0 Å². The summed E-state index contributed by atoms with van der Waals surface area (Å²) in [4.78, 5) is 20.6. The molecule has 2 aromatic rings. The second-order valence-corrected chi connectivity index (χ2v) is 8.25. The number of hydrogen-bond acceptors (Lipinski definition) is 6. The zero-order valence-corrected chi connectivity index (χ0v) is 16.9. The number of nitrogens with one attached hydrogen (secondary N) is 2. The Morgan fingerprint density at radius 3 is 2.30 bits per heavy atom. The van der Waals surface area contributed by atoms with E-state index < -0.39 is 5.41 Å². The largest absolute Gasteiger partial charge is 0.468 e. The molecule has 1 saturated carbocycles. The molecule has 1 heterocycles. The van der Waals surface area contributed by atoms with E-state index in [1.165, 1.54) is 7.11 Å². The zero-order chi connectivity index (χ0) is 19.7. The van der Waals surface area contributed by atoms with Gasteiger partial charge in [0.25, 0.3) is 0 Å². The quantitative estimate of drug-likeness (QED) is 0.572. The lowest BCUT2D eigenvalue weighted by Crippen LogP contribution is -2.43. The van der Waals surface area contributed by atoms with Crippen LogP contribution in [0, 0.1) is 0 Å². The number of hydrogen-bond donors (Lipinski definition) is 2. The summed E-state index contributed by atoms with van der Waals surface area (Å²) in [7, 11) is 1.44. The van der Waals surface area contributed by atoms with E-state index in [-0.39, 0.29) is 16.8 Å². The third-order valence-corrected chi connectivity index (χ3v) is 4.86. The molecular weight excluding hydrogens is 364 g/mol. The number of anilines is 3. The number of nitrogens with zero attached hydrogens (tertiary/aromatic N) is 2. The van der Waals surface area contributed by atoms with Crippen LogP contribution >= 0.6 is 11.6 Å². The fraction of sp³-hybridized carbons (Fsp3) is 0.450. The summed E-state index contributed by atoms with van der Waals surface area (Å²) in [6.07, 6.45) is 2.70. The molecule has 6 nitrogen and oxygen atoms in total. The smallest absolute Gasteiger partial charge is 0.316 e. The van der Waals surface area contributed by atoms with Crippen molar-refractivity contribution in [3.8, 4) is 0 Å². The van der Waals surface area contributed by atoms with Crippen LogP contribution in [0.4, 0.5) is 17.3 Å². The Balaban J connectivity index is 1.78. The predicted octanol–water partition coefficient (Wildman–Crippen LogP) is 4.68. The molecule has 0 amide bonds. The average Bonchev–Trinajstić information content (AvgIpc) is 2.53. The van der Waals surface area contributed by atoms with Gasteiger partial charge in [-0.05, 0) is 62.9 Å². The Morgan fingerprint density at radius 1 is 1.15 bits per heavy atom. The van der Waals surface area contributed by atoms with Crippen molar-refractivity contribution in [2.24, 2.45) is 0 Å². The van der Waals surface area contributed by atoms with Gasteiger partial charge in [0.05, 0.1) is 12.5 Å². The van der Waals surface area contributed by atoms with Gasteiger partial charge in [-0.2, -0.15) is 0 Å². The van der Waals surface area contributed by atoms with Crippen molar-refractivity contribution >= 4 is 34.9 Å². The van der Waals surface area contributed by atoms with Crippen molar-refractivity contribution < 1.29 is 9.53 Å². The third kappa shape index (κ3) is 4.33. The third-order valence-electron chi connectivity index (χ3n) is 4.70. The van der Waals surface area contributed by atoms with Crippen LogP contribution in [0.15, 0.2) is 30.3 Å². The Labute approximate surface area is 164 Å². The number of halogens is 1. The summed E-state index contributed by atoms with van der Waals surface area (Å²) in [6.45, 7) is 6.14. The number of esters is 1. The topological polar surface area (TPSA) is 76.1 Å². The van der Waals surface area contributed by atoms with Crippen LogP contribution in [0.5, 0.6) is 0 Å². The van der Waals surface area contributed by atoms with Crippen LogP contribution in [0.2, 0.25) is 5.28 Å². The van der Waals surface area contributed by atoms with Crippen LogP contribution in [0.1, 0.15) is 45.6 Å². The first kappa shape index (κ1) is 19.4. The number of carbonyl (C=O) groups excluding carboxylic acids is 1. The highest BCUT2D eigenvalue weighted by Gasteiger charge is 2.46. The number of ether oxygens (including phenoxy) is 1. The number of carbonyl (C=O) groups is 1. The maximum atomic E-state index is 12.2.